The molecule has 1 atom stereocenters. The Bertz CT molecular complexity index is 830. The number of ether oxygens (including phenoxy) is 1. The molecule has 0 amide bonds. The van der Waals surface area contributed by atoms with Crippen LogP contribution in [0.25, 0.3) is 0 Å². The smallest absolute Gasteiger partial charge is 0.350 e. The lowest BCUT2D eigenvalue weighted by atomic mass is 10.1. The molecule has 1 heterocycles. The molecule has 29 heavy (non-hydrogen) atoms. The molecule has 2 N–H and O–H groups in total. The first kappa shape index (κ1) is 22.7. The number of anilines is 1. The minimum atomic E-state index is -0.316. The summed E-state index contributed by atoms with van der Waals surface area (Å²) in [5.41, 5.74) is 3.15. The van der Waals surface area contributed by atoms with Crippen molar-refractivity contribution < 1.29 is 9.53 Å². The topological polar surface area (TPSA) is 78.8 Å². The van der Waals surface area contributed by atoms with Crippen LogP contribution in [0.4, 0.5) is 5.69 Å². The number of carbonyl (C=O) groups is 1. The molecule has 0 fully saturated rings. The standard InChI is InChI=1S/C21H31N5O2S/c1-7-28-20(27)18-14(2)24-19(29-18)15(3)25-21(22-4)23-13-12-16-8-10-17(11-9-16)26(5)6/h8-11,15H,7,12-13H2,1-6H3,(H2,22,23,25). The van der Waals surface area contributed by atoms with E-state index in [0.717, 1.165) is 18.0 Å². The zero-order valence-electron chi connectivity index (χ0n) is 18.1. The van der Waals surface area contributed by atoms with E-state index in [2.05, 4.69) is 49.8 Å². The Morgan fingerprint density at radius 3 is 2.59 bits per heavy atom. The summed E-state index contributed by atoms with van der Waals surface area (Å²) < 4.78 is 5.09. The van der Waals surface area contributed by atoms with E-state index in [0.29, 0.717) is 23.1 Å². The number of guanidine groups is 1. The molecule has 1 unspecified atom stereocenters. The molecule has 0 aliphatic rings. The molecule has 0 saturated carbocycles. The fourth-order valence-electron chi connectivity index (χ4n) is 2.74. The highest BCUT2D eigenvalue weighted by Gasteiger charge is 2.20. The lowest BCUT2D eigenvalue weighted by molar-refractivity contribution is 0.0531. The van der Waals surface area contributed by atoms with Crippen molar-refractivity contribution in [1.29, 1.82) is 0 Å². The predicted molar refractivity (Wildman–Crippen MR) is 120 cm³/mol. The van der Waals surface area contributed by atoms with Gasteiger partial charge in [0.2, 0.25) is 0 Å². The van der Waals surface area contributed by atoms with Crippen LogP contribution in [0.5, 0.6) is 0 Å². The van der Waals surface area contributed by atoms with Gasteiger partial charge >= 0.3 is 5.97 Å². The van der Waals surface area contributed by atoms with Crippen molar-refractivity contribution in [3.8, 4) is 0 Å². The summed E-state index contributed by atoms with van der Waals surface area (Å²) in [5, 5.41) is 7.49. The summed E-state index contributed by atoms with van der Waals surface area (Å²) in [6.07, 6.45) is 0.895. The number of hydrogen-bond donors (Lipinski definition) is 2. The number of aryl methyl sites for hydroxylation is 1. The molecular formula is C21H31N5O2S. The van der Waals surface area contributed by atoms with Crippen molar-refractivity contribution in [1.82, 2.24) is 15.6 Å². The molecule has 8 heteroatoms. The van der Waals surface area contributed by atoms with E-state index in [1.54, 1.807) is 14.0 Å². The molecule has 1 aromatic heterocycles. The maximum absolute atomic E-state index is 12.0. The van der Waals surface area contributed by atoms with E-state index in [9.17, 15) is 4.79 Å². The zero-order valence-corrected chi connectivity index (χ0v) is 18.9. The molecule has 0 aliphatic carbocycles. The number of nitrogens with zero attached hydrogens (tertiary/aromatic N) is 3. The van der Waals surface area contributed by atoms with Crippen molar-refractivity contribution in [3.05, 3.63) is 45.4 Å². The SMILES string of the molecule is CCOC(=O)c1sc(C(C)NC(=NC)NCCc2ccc(N(C)C)cc2)nc1C. The molecule has 7 nitrogen and oxygen atoms in total. The van der Waals surface area contributed by atoms with Gasteiger partial charge in [-0.05, 0) is 44.9 Å². The van der Waals surface area contributed by atoms with Gasteiger partial charge in [-0.25, -0.2) is 9.78 Å². The van der Waals surface area contributed by atoms with E-state index < -0.39 is 0 Å². The average molecular weight is 418 g/mol. The Balaban J connectivity index is 1.89. The summed E-state index contributed by atoms with van der Waals surface area (Å²) >= 11 is 1.36. The molecule has 2 rings (SSSR count). The van der Waals surface area contributed by atoms with E-state index in [-0.39, 0.29) is 12.0 Å². The van der Waals surface area contributed by atoms with Gasteiger partial charge in [0.15, 0.2) is 5.96 Å². The van der Waals surface area contributed by atoms with Gasteiger partial charge in [0, 0.05) is 33.4 Å². The Labute approximate surface area is 177 Å². The molecule has 1 aromatic carbocycles. The van der Waals surface area contributed by atoms with Crippen LogP contribution in [0.1, 0.15) is 45.8 Å². The average Bonchev–Trinajstić information content (AvgIpc) is 3.09. The van der Waals surface area contributed by atoms with Crippen molar-refractivity contribution >= 4 is 29.0 Å². The summed E-state index contributed by atoms with van der Waals surface area (Å²) in [7, 11) is 5.81. The lowest BCUT2D eigenvalue weighted by Crippen LogP contribution is -2.39. The van der Waals surface area contributed by atoms with Crippen molar-refractivity contribution in [2.75, 3.05) is 39.2 Å². The molecule has 0 spiro atoms. The molecule has 0 aliphatic heterocycles. The van der Waals surface area contributed by atoms with Crippen LogP contribution in [-0.4, -0.2) is 51.2 Å². The first-order valence-electron chi connectivity index (χ1n) is 9.73. The van der Waals surface area contributed by atoms with E-state index in [1.165, 1.54) is 22.6 Å². The van der Waals surface area contributed by atoms with Crippen LogP contribution in [0.2, 0.25) is 0 Å². The molecule has 0 radical (unpaired) electrons. The number of thiazole rings is 1. The van der Waals surface area contributed by atoms with Crippen LogP contribution in [-0.2, 0) is 11.2 Å². The van der Waals surface area contributed by atoms with Gasteiger partial charge in [-0.3, -0.25) is 4.99 Å². The Kier molecular flexibility index (Phi) is 8.45. The normalized spacial score (nSPS) is 12.4. The van der Waals surface area contributed by atoms with E-state index in [1.807, 2.05) is 27.9 Å². The van der Waals surface area contributed by atoms with Gasteiger partial charge in [0.1, 0.15) is 9.88 Å². The van der Waals surface area contributed by atoms with E-state index >= 15 is 0 Å². The fraction of sp³-hybridized carbons (Fsp3) is 0.476. The Morgan fingerprint density at radius 1 is 1.31 bits per heavy atom. The van der Waals surface area contributed by atoms with Gasteiger partial charge < -0.3 is 20.3 Å². The lowest BCUT2D eigenvalue weighted by Gasteiger charge is -2.16. The predicted octanol–water partition coefficient (Wildman–Crippen LogP) is 3.16. The maximum atomic E-state index is 12.0. The highest BCUT2D eigenvalue weighted by Crippen LogP contribution is 2.24. The maximum Gasteiger partial charge on any atom is 0.350 e. The summed E-state index contributed by atoms with van der Waals surface area (Å²) in [6.45, 7) is 6.74. The minimum absolute atomic E-state index is 0.0764. The van der Waals surface area contributed by atoms with Crippen LogP contribution in [0.15, 0.2) is 29.3 Å². The quantitative estimate of drug-likeness (QED) is 0.390. The number of esters is 1. The number of benzene rings is 1. The van der Waals surface area contributed by atoms with Crippen LogP contribution in [0, 0.1) is 6.92 Å². The van der Waals surface area contributed by atoms with Crippen molar-refractivity contribution in [3.63, 3.8) is 0 Å². The zero-order chi connectivity index (χ0) is 21.4. The summed E-state index contributed by atoms with van der Waals surface area (Å²) in [5.74, 6) is 0.386. The largest absolute Gasteiger partial charge is 0.462 e. The number of nitrogens with one attached hydrogen (secondary N) is 2. The third-order valence-corrected chi connectivity index (χ3v) is 5.70. The van der Waals surface area contributed by atoms with Crippen LogP contribution < -0.4 is 15.5 Å². The summed E-state index contributed by atoms with van der Waals surface area (Å²) in [6, 6.07) is 8.45. The highest BCUT2D eigenvalue weighted by atomic mass is 32.1. The molecular weight excluding hydrogens is 386 g/mol. The van der Waals surface area contributed by atoms with E-state index in [4.69, 9.17) is 4.74 Å². The Morgan fingerprint density at radius 2 is 2.00 bits per heavy atom. The van der Waals surface area contributed by atoms with Gasteiger partial charge in [0.05, 0.1) is 18.3 Å². The first-order chi connectivity index (χ1) is 13.8. The number of hydrogen-bond acceptors (Lipinski definition) is 6. The van der Waals surface area contributed by atoms with Crippen LogP contribution in [0.3, 0.4) is 0 Å². The van der Waals surface area contributed by atoms with Gasteiger partial charge in [-0.2, -0.15) is 0 Å². The second kappa shape index (κ2) is 10.8. The summed E-state index contributed by atoms with van der Waals surface area (Å²) in [4.78, 5) is 23.5. The molecule has 2 aromatic rings. The molecule has 0 saturated heterocycles. The highest BCUT2D eigenvalue weighted by molar-refractivity contribution is 7.13. The number of aromatic nitrogens is 1. The third-order valence-electron chi connectivity index (χ3n) is 4.38. The first-order valence-corrected chi connectivity index (χ1v) is 10.5. The van der Waals surface area contributed by atoms with Gasteiger partial charge in [-0.1, -0.05) is 12.1 Å². The Hall–Kier alpha value is -2.61. The number of aliphatic imine (C=N–C) groups is 1. The second-order valence-corrected chi connectivity index (χ2v) is 7.89. The van der Waals surface area contributed by atoms with Crippen molar-refractivity contribution in [2.24, 2.45) is 4.99 Å². The van der Waals surface area contributed by atoms with Gasteiger partial charge in [0.25, 0.3) is 0 Å². The molecule has 158 valence electrons. The fourth-order valence-corrected chi connectivity index (χ4v) is 3.70. The van der Waals surface area contributed by atoms with Crippen LogP contribution >= 0.6 is 11.3 Å². The second-order valence-electron chi connectivity index (χ2n) is 6.86. The van der Waals surface area contributed by atoms with Gasteiger partial charge in [-0.15, -0.1) is 11.3 Å². The number of rotatable bonds is 8. The molecule has 0 bridgehead atoms. The number of carbonyl (C=O) groups excluding carboxylic acids is 1. The monoisotopic (exact) mass is 417 g/mol. The van der Waals surface area contributed by atoms with Crippen molar-refractivity contribution in [2.45, 2.75) is 33.2 Å². The third kappa shape index (κ3) is 6.45. The minimum Gasteiger partial charge on any atom is -0.462 e.